The van der Waals surface area contributed by atoms with Crippen LogP contribution in [0.5, 0.6) is 11.5 Å². The standard InChI is InChI=1S/C12H12F2O4/c1-17-9-6(12(3-4-12)11(15)16)5-7(13)8(14)10(9)18-2/h5H,3-4H2,1-2H3,(H,15,16). The molecule has 2 rings (SSSR count). The van der Waals surface area contributed by atoms with E-state index in [9.17, 15) is 18.7 Å². The number of ether oxygens (including phenoxy) is 2. The van der Waals surface area contributed by atoms with Gasteiger partial charge >= 0.3 is 5.97 Å². The second kappa shape index (κ2) is 4.12. The molecular formula is C12H12F2O4. The van der Waals surface area contributed by atoms with Crippen LogP contribution in [0.2, 0.25) is 0 Å². The van der Waals surface area contributed by atoms with E-state index in [1.165, 1.54) is 14.2 Å². The van der Waals surface area contributed by atoms with Crippen LogP contribution in [0, 0.1) is 11.6 Å². The second-order valence-electron chi connectivity index (χ2n) is 4.17. The van der Waals surface area contributed by atoms with Crippen molar-refractivity contribution in [2.24, 2.45) is 0 Å². The van der Waals surface area contributed by atoms with Crippen molar-refractivity contribution in [1.82, 2.24) is 0 Å². The van der Waals surface area contributed by atoms with Crippen molar-refractivity contribution in [2.75, 3.05) is 14.2 Å². The third kappa shape index (κ3) is 1.60. The molecule has 0 aliphatic heterocycles. The van der Waals surface area contributed by atoms with Gasteiger partial charge in [0.25, 0.3) is 0 Å². The monoisotopic (exact) mass is 258 g/mol. The number of carboxylic acid groups (broad SMARTS) is 1. The van der Waals surface area contributed by atoms with E-state index in [-0.39, 0.29) is 11.3 Å². The maximum Gasteiger partial charge on any atom is 0.314 e. The topological polar surface area (TPSA) is 55.8 Å². The Balaban J connectivity index is 2.68. The van der Waals surface area contributed by atoms with Gasteiger partial charge < -0.3 is 14.6 Å². The molecule has 1 aliphatic carbocycles. The van der Waals surface area contributed by atoms with Crippen molar-refractivity contribution in [1.29, 1.82) is 0 Å². The Morgan fingerprint density at radius 3 is 2.22 bits per heavy atom. The summed E-state index contributed by atoms with van der Waals surface area (Å²) in [6, 6.07) is 0.873. The van der Waals surface area contributed by atoms with Gasteiger partial charge in [0.05, 0.1) is 19.6 Å². The summed E-state index contributed by atoms with van der Waals surface area (Å²) in [5, 5.41) is 9.19. The minimum absolute atomic E-state index is 0.0590. The van der Waals surface area contributed by atoms with Crippen molar-refractivity contribution >= 4 is 5.97 Å². The maximum absolute atomic E-state index is 13.5. The van der Waals surface area contributed by atoms with Crippen LogP contribution >= 0.6 is 0 Å². The predicted octanol–water partition coefficient (Wildman–Crippen LogP) is 2.10. The molecule has 0 radical (unpaired) electrons. The maximum atomic E-state index is 13.5. The highest BCUT2D eigenvalue weighted by atomic mass is 19.2. The second-order valence-corrected chi connectivity index (χ2v) is 4.17. The first-order valence-electron chi connectivity index (χ1n) is 5.31. The Morgan fingerprint density at radius 1 is 1.28 bits per heavy atom. The fourth-order valence-corrected chi connectivity index (χ4v) is 2.05. The molecule has 0 bridgehead atoms. The van der Waals surface area contributed by atoms with Crippen LogP contribution in [0.1, 0.15) is 18.4 Å². The zero-order valence-electron chi connectivity index (χ0n) is 9.92. The van der Waals surface area contributed by atoms with E-state index in [2.05, 4.69) is 0 Å². The van der Waals surface area contributed by atoms with Crippen molar-refractivity contribution in [3.8, 4) is 11.5 Å². The largest absolute Gasteiger partial charge is 0.492 e. The average molecular weight is 258 g/mol. The van der Waals surface area contributed by atoms with Crippen molar-refractivity contribution < 1.29 is 28.2 Å². The summed E-state index contributed by atoms with van der Waals surface area (Å²) in [6.07, 6.45) is 0.736. The van der Waals surface area contributed by atoms with E-state index in [0.29, 0.717) is 12.8 Å². The quantitative estimate of drug-likeness (QED) is 0.898. The molecular weight excluding hydrogens is 246 g/mol. The molecule has 0 unspecified atom stereocenters. The summed E-state index contributed by atoms with van der Waals surface area (Å²) in [7, 11) is 2.43. The molecule has 4 nitrogen and oxygen atoms in total. The number of halogens is 2. The van der Waals surface area contributed by atoms with Gasteiger partial charge in [-0.3, -0.25) is 4.79 Å². The zero-order valence-corrected chi connectivity index (χ0v) is 9.92. The summed E-state index contributed by atoms with van der Waals surface area (Å²) in [5.41, 5.74) is -1.07. The summed E-state index contributed by atoms with van der Waals surface area (Å²) < 4.78 is 36.7. The molecule has 0 amide bonds. The molecule has 0 atom stereocenters. The lowest BCUT2D eigenvalue weighted by Gasteiger charge is -2.18. The number of hydrogen-bond acceptors (Lipinski definition) is 3. The molecule has 1 aliphatic rings. The SMILES string of the molecule is COc1c(C2(C(=O)O)CC2)cc(F)c(F)c1OC. The molecule has 0 spiro atoms. The molecule has 1 fully saturated rings. The van der Waals surface area contributed by atoms with Gasteiger partial charge in [0.1, 0.15) is 0 Å². The molecule has 0 saturated heterocycles. The highest BCUT2D eigenvalue weighted by molar-refractivity contribution is 5.86. The number of benzene rings is 1. The first-order valence-corrected chi connectivity index (χ1v) is 5.31. The van der Waals surface area contributed by atoms with Gasteiger partial charge in [-0.25, -0.2) is 4.39 Å². The van der Waals surface area contributed by atoms with E-state index < -0.39 is 28.8 Å². The van der Waals surface area contributed by atoms with E-state index in [1.807, 2.05) is 0 Å². The molecule has 0 heterocycles. The van der Waals surface area contributed by atoms with Gasteiger partial charge in [-0.05, 0) is 18.9 Å². The molecule has 0 aromatic heterocycles. The minimum atomic E-state index is -1.19. The van der Waals surface area contributed by atoms with E-state index in [4.69, 9.17) is 9.47 Å². The normalized spacial score (nSPS) is 16.2. The number of hydrogen-bond donors (Lipinski definition) is 1. The minimum Gasteiger partial charge on any atom is -0.492 e. The summed E-state index contributed by atoms with van der Waals surface area (Å²) in [4.78, 5) is 11.2. The number of methoxy groups -OCH3 is 2. The van der Waals surface area contributed by atoms with Crippen LogP contribution < -0.4 is 9.47 Å². The lowest BCUT2D eigenvalue weighted by molar-refractivity contribution is -0.140. The average Bonchev–Trinajstić information content (AvgIpc) is 3.13. The van der Waals surface area contributed by atoms with Gasteiger partial charge in [-0.2, -0.15) is 4.39 Å². The third-order valence-corrected chi connectivity index (χ3v) is 3.21. The lowest BCUT2D eigenvalue weighted by atomic mass is 9.94. The molecule has 1 aromatic rings. The molecule has 1 aromatic carbocycles. The van der Waals surface area contributed by atoms with Crippen molar-refractivity contribution in [3.05, 3.63) is 23.3 Å². The molecule has 1 N–H and O–H groups in total. The Bertz CT molecular complexity index is 509. The summed E-state index contributed by atoms with van der Waals surface area (Å²) in [5.74, 6) is -3.86. The fraction of sp³-hybridized carbons (Fsp3) is 0.417. The Morgan fingerprint density at radius 2 is 1.83 bits per heavy atom. The van der Waals surface area contributed by atoms with E-state index >= 15 is 0 Å². The number of aliphatic carboxylic acids is 1. The fourth-order valence-electron chi connectivity index (χ4n) is 2.05. The Hall–Kier alpha value is -1.85. The molecule has 98 valence electrons. The lowest BCUT2D eigenvalue weighted by Crippen LogP contribution is -2.21. The first-order chi connectivity index (χ1) is 8.47. The van der Waals surface area contributed by atoms with Crippen LogP contribution in [-0.2, 0) is 10.2 Å². The first kappa shape index (κ1) is 12.6. The van der Waals surface area contributed by atoms with Crippen LogP contribution in [0.25, 0.3) is 0 Å². The van der Waals surface area contributed by atoms with Crippen molar-refractivity contribution in [2.45, 2.75) is 18.3 Å². The Kier molecular flexibility index (Phi) is 2.88. The highest BCUT2D eigenvalue weighted by Crippen LogP contribution is 2.54. The smallest absolute Gasteiger partial charge is 0.314 e. The predicted molar refractivity (Wildman–Crippen MR) is 58.0 cm³/mol. The summed E-state index contributed by atoms with van der Waals surface area (Å²) >= 11 is 0. The number of carboxylic acids is 1. The van der Waals surface area contributed by atoms with Crippen LogP contribution in [0.4, 0.5) is 8.78 Å². The van der Waals surface area contributed by atoms with Gasteiger partial charge in [-0.1, -0.05) is 0 Å². The van der Waals surface area contributed by atoms with Gasteiger partial charge in [-0.15, -0.1) is 0 Å². The van der Waals surface area contributed by atoms with Gasteiger partial charge in [0.2, 0.25) is 5.82 Å². The van der Waals surface area contributed by atoms with Gasteiger partial charge in [0.15, 0.2) is 17.3 Å². The third-order valence-electron chi connectivity index (χ3n) is 3.21. The Labute approximate surface area is 102 Å². The van der Waals surface area contributed by atoms with E-state index in [1.54, 1.807) is 0 Å². The summed E-state index contributed by atoms with van der Waals surface area (Å²) in [6.45, 7) is 0. The van der Waals surface area contributed by atoms with Crippen LogP contribution in [-0.4, -0.2) is 25.3 Å². The molecule has 18 heavy (non-hydrogen) atoms. The van der Waals surface area contributed by atoms with Crippen molar-refractivity contribution in [3.63, 3.8) is 0 Å². The van der Waals surface area contributed by atoms with Crippen LogP contribution in [0.15, 0.2) is 6.07 Å². The highest BCUT2D eigenvalue weighted by Gasteiger charge is 2.54. The van der Waals surface area contributed by atoms with E-state index in [0.717, 1.165) is 6.07 Å². The van der Waals surface area contributed by atoms with Crippen LogP contribution in [0.3, 0.4) is 0 Å². The molecule has 6 heteroatoms. The molecule has 1 saturated carbocycles. The van der Waals surface area contributed by atoms with Gasteiger partial charge in [0, 0.05) is 5.56 Å². The number of rotatable bonds is 4. The zero-order chi connectivity index (χ0) is 13.5. The number of carbonyl (C=O) groups is 1.